The smallest absolute Gasteiger partial charge is 0.329 e. The van der Waals surface area contributed by atoms with E-state index in [-0.39, 0.29) is 23.5 Å². The van der Waals surface area contributed by atoms with Gasteiger partial charge in [-0.25, -0.2) is 4.79 Å². The van der Waals surface area contributed by atoms with Gasteiger partial charge in [0.05, 0.1) is 4.88 Å². The van der Waals surface area contributed by atoms with Crippen LogP contribution in [0, 0.1) is 5.92 Å². The number of amides is 2. The van der Waals surface area contributed by atoms with Gasteiger partial charge in [-0.1, -0.05) is 26.8 Å². The fourth-order valence-corrected chi connectivity index (χ4v) is 3.04. The number of benzene rings is 1. The first-order valence-corrected chi connectivity index (χ1v) is 10.1. The van der Waals surface area contributed by atoms with Crippen molar-refractivity contribution in [1.29, 1.82) is 0 Å². The lowest BCUT2D eigenvalue weighted by molar-refractivity contribution is -0.146. The molecule has 0 fully saturated rings. The number of hydrogen-bond donors (Lipinski definition) is 2. The molecule has 1 aromatic carbocycles. The molecule has 0 aliphatic carbocycles. The molecule has 29 heavy (non-hydrogen) atoms. The number of thiophene rings is 1. The van der Waals surface area contributed by atoms with Gasteiger partial charge in [0, 0.05) is 17.7 Å². The maximum absolute atomic E-state index is 12.4. The third-order valence-corrected chi connectivity index (χ3v) is 4.98. The quantitative estimate of drug-likeness (QED) is 0.483. The average Bonchev–Trinajstić information content (AvgIpc) is 3.25. The van der Waals surface area contributed by atoms with Gasteiger partial charge in [-0.05, 0) is 41.6 Å². The molecule has 0 saturated heterocycles. The van der Waals surface area contributed by atoms with Crippen LogP contribution in [0.3, 0.4) is 0 Å². The lowest BCUT2D eigenvalue weighted by Crippen LogP contribution is -2.45. The Bertz CT molecular complexity index is 860. The standard InChI is InChI=1S/C21H24N2O5S/c1-4-18(25)22-15-9-7-14(8-10-15)16(24)12-28-21(27)19(13(2)3)23-20(26)17-6-5-11-29-17/h5-11,13,19H,4,12H2,1-3H3,(H,22,25)(H,23,26)/t19-/m0/s1. The summed E-state index contributed by atoms with van der Waals surface area (Å²) >= 11 is 1.27. The molecule has 0 radical (unpaired) electrons. The normalized spacial score (nSPS) is 11.6. The number of nitrogens with one attached hydrogen (secondary N) is 2. The molecule has 0 saturated carbocycles. The minimum atomic E-state index is -0.857. The van der Waals surface area contributed by atoms with Gasteiger partial charge in [0.2, 0.25) is 5.91 Å². The van der Waals surface area contributed by atoms with E-state index in [1.807, 2.05) is 0 Å². The van der Waals surface area contributed by atoms with Gasteiger partial charge in [-0.2, -0.15) is 0 Å². The van der Waals surface area contributed by atoms with Crippen molar-refractivity contribution in [3.8, 4) is 0 Å². The zero-order chi connectivity index (χ0) is 21.4. The summed E-state index contributed by atoms with van der Waals surface area (Å²) in [5.41, 5.74) is 0.942. The summed E-state index contributed by atoms with van der Waals surface area (Å²) in [6.45, 7) is 4.88. The fraction of sp³-hybridized carbons (Fsp3) is 0.333. The van der Waals surface area contributed by atoms with Crippen molar-refractivity contribution < 1.29 is 23.9 Å². The highest BCUT2D eigenvalue weighted by molar-refractivity contribution is 7.12. The number of esters is 1. The van der Waals surface area contributed by atoms with Gasteiger partial charge in [0.25, 0.3) is 5.91 Å². The molecule has 2 N–H and O–H groups in total. The van der Waals surface area contributed by atoms with E-state index < -0.39 is 18.6 Å². The Morgan fingerprint density at radius 3 is 2.31 bits per heavy atom. The van der Waals surface area contributed by atoms with Gasteiger partial charge in [-0.15, -0.1) is 11.3 Å². The molecule has 0 spiro atoms. The predicted octanol–water partition coefficient (Wildman–Crippen LogP) is 3.28. The van der Waals surface area contributed by atoms with Gasteiger partial charge < -0.3 is 15.4 Å². The van der Waals surface area contributed by atoms with Crippen LogP contribution in [0.25, 0.3) is 0 Å². The van der Waals surface area contributed by atoms with Crippen molar-refractivity contribution in [2.45, 2.75) is 33.2 Å². The van der Waals surface area contributed by atoms with Crippen molar-refractivity contribution in [2.75, 3.05) is 11.9 Å². The Balaban J connectivity index is 1.92. The molecular formula is C21H24N2O5S. The van der Waals surface area contributed by atoms with Crippen molar-refractivity contribution in [3.63, 3.8) is 0 Å². The van der Waals surface area contributed by atoms with Crippen LogP contribution in [-0.2, 0) is 14.3 Å². The first-order chi connectivity index (χ1) is 13.8. The summed E-state index contributed by atoms with van der Waals surface area (Å²) in [5, 5.41) is 7.12. The highest BCUT2D eigenvalue weighted by atomic mass is 32.1. The van der Waals surface area contributed by atoms with Crippen LogP contribution in [0.4, 0.5) is 5.69 Å². The van der Waals surface area contributed by atoms with Crippen LogP contribution in [-0.4, -0.2) is 36.2 Å². The SMILES string of the molecule is CCC(=O)Nc1ccc(C(=O)COC(=O)[C@@H](NC(=O)c2cccs2)C(C)C)cc1. The predicted molar refractivity (Wildman–Crippen MR) is 111 cm³/mol. The fourth-order valence-electron chi connectivity index (χ4n) is 2.42. The van der Waals surface area contributed by atoms with Gasteiger partial charge in [-0.3, -0.25) is 14.4 Å². The number of carbonyl (C=O) groups excluding carboxylic acids is 4. The molecule has 154 valence electrons. The van der Waals surface area contributed by atoms with E-state index in [2.05, 4.69) is 10.6 Å². The molecule has 0 bridgehead atoms. The number of ether oxygens (including phenoxy) is 1. The first kappa shape index (κ1) is 22.3. The van der Waals surface area contributed by atoms with Crippen LogP contribution in [0.1, 0.15) is 47.2 Å². The molecule has 0 aliphatic heterocycles. The van der Waals surface area contributed by atoms with E-state index in [0.29, 0.717) is 22.5 Å². The summed E-state index contributed by atoms with van der Waals surface area (Å²) in [4.78, 5) is 48.8. The third-order valence-electron chi connectivity index (χ3n) is 4.11. The summed E-state index contributed by atoms with van der Waals surface area (Å²) in [5.74, 6) is -1.72. The van der Waals surface area contributed by atoms with E-state index in [1.165, 1.54) is 11.3 Å². The lowest BCUT2D eigenvalue weighted by Gasteiger charge is -2.20. The van der Waals surface area contributed by atoms with E-state index in [9.17, 15) is 19.2 Å². The zero-order valence-electron chi connectivity index (χ0n) is 16.6. The van der Waals surface area contributed by atoms with Crippen LogP contribution in [0.15, 0.2) is 41.8 Å². The minimum absolute atomic E-state index is 0.123. The topological polar surface area (TPSA) is 102 Å². The van der Waals surface area contributed by atoms with Crippen LogP contribution < -0.4 is 10.6 Å². The van der Waals surface area contributed by atoms with Gasteiger partial charge >= 0.3 is 5.97 Å². The third kappa shape index (κ3) is 6.53. The Morgan fingerprint density at radius 1 is 1.07 bits per heavy atom. The Hall–Kier alpha value is -3.00. The van der Waals surface area contributed by atoms with Crippen LogP contribution in [0.5, 0.6) is 0 Å². The molecule has 8 heteroatoms. The molecular weight excluding hydrogens is 392 g/mol. The van der Waals surface area contributed by atoms with E-state index in [1.54, 1.807) is 62.5 Å². The molecule has 1 aromatic heterocycles. The first-order valence-electron chi connectivity index (χ1n) is 9.26. The number of rotatable bonds is 9. The van der Waals surface area contributed by atoms with Crippen molar-refractivity contribution >= 4 is 40.6 Å². The molecule has 2 aromatic rings. The molecule has 1 atom stereocenters. The lowest BCUT2D eigenvalue weighted by atomic mass is 10.0. The Labute approximate surface area is 173 Å². The largest absolute Gasteiger partial charge is 0.456 e. The number of hydrogen-bond acceptors (Lipinski definition) is 6. The summed E-state index contributed by atoms with van der Waals surface area (Å²) in [7, 11) is 0. The minimum Gasteiger partial charge on any atom is -0.456 e. The Kier molecular flexibility index (Phi) is 8.09. The van der Waals surface area contributed by atoms with Crippen LogP contribution in [0.2, 0.25) is 0 Å². The second-order valence-corrected chi connectivity index (χ2v) is 7.63. The highest BCUT2D eigenvalue weighted by Gasteiger charge is 2.27. The molecule has 0 unspecified atom stereocenters. The number of anilines is 1. The Morgan fingerprint density at radius 2 is 1.76 bits per heavy atom. The second kappa shape index (κ2) is 10.5. The highest BCUT2D eigenvalue weighted by Crippen LogP contribution is 2.13. The molecule has 2 rings (SSSR count). The van der Waals surface area contributed by atoms with Gasteiger partial charge in [0.1, 0.15) is 6.04 Å². The maximum atomic E-state index is 12.4. The maximum Gasteiger partial charge on any atom is 0.329 e. The van der Waals surface area contributed by atoms with E-state index >= 15 is 0 Å². The summed E-state index contributed by atoms with van der Waals surface area (Å²) in [6, 6.07) is 8.89. The monoisotopic (exact) mass is 416 g/mol. The molecule has 1 heterocycles. The van der Waals surface area contributed by atoms with Crippen molar-refractivity contribution in [1.82, 2.24) is 5.32 Å². The summed E-state index contributed by atoms with van der Waals surface area (Å²) in [6.07, 6.45) is 0.358. The average molecular weight is 416 g/mol. The van der Waals surface area contributed by atoms with Gasteiger partial charge in [0.15, 0.2) is 12.4 Å². The van der Waals surface area contributed by atoms with Crippen molar-refractivity contribution in [3.05, 3.63) is 52.2 Å². The van der Waals surface area contributed by atoms with E-state index in [4.69, 9.17) is 4.74 Å². The second-order valence-electron chi connectivity index (χ2n) is 6.68. The number of ketones is 1. The summed E-state index contributed by atoms with van der Waals surface area (Å²) < 4.78 is 5.14. The van der Waals surface area contributed by atoms with Crippen LogP contribution >= 0.6 is 11.3 Å². The molecule has 0 aliphatic rings. The zero-order valence-corrected chi connectivity index (χ0v) is 17.4. The van der Waals surface area contributed by atoms with Crippen molar-refractivity contribution in [2.24, 2.45) is 5.92 Å². The van der Waals surface area contributed by atoms with E-state index in [0.717, 1.165) is 0 Å². The molecule has 7 nitrogen and oxygen atoms in total. The number of Topliss-reactive ketones (excluding diaryl/α,β-unsaturated/α-hetero) is 1. The number of carbonyl (C=O) groups is 4. The molecule has 2 amide bonds.